The van der Waals surface area contributed by atoms with Gasteiger partial charge in [-0.3, -0.25) is 10.1 Å². The van der Waals surface area contributed by atoms with Crippen LogP contribution in [0.5, 0.6) is 5.75 Å². The molecule has 238 valence electrons. The van der Waals surface area contributed by atoms with Gasteiger partial charge in [0.2, 0.25) is 5.56 Å². The molecule has 0 unspecified atom stereocenters. The maximum absolute atomic E-state index is 12.7. The summed E-state index contributed by atoms with van der Waals surface area (Å²) >= 11 is 0. The number of phenols is 1. The minimum atomic E-state index is -0.737. The first-order valence-electron chi connectivity index (χ1n) is 16.1. The number of benzene rings is 3. The Kier molecular flexibility index (Phi) is 11.6. The third kappa shape index (κ3) is 9.17. The first kappa shape index (κ1) is 32.2. The molecule has 0 bridgehead atoms. The maximum Gasteiger partial charge on any atom is 0.411 e. The van der Waals surface area contributed by atoms with Crippen molar-refractivity contribution in [2.24, 2.45) is 0 Å². The van der Waals surface area contributed by atoms with Crippen LogP contribution >= 0.6 is 0 Å². The highest BCUT2D eigenvalue weighted by atomic mass is 16.6. The lowest BCUT2D eigenvalue weighted by molar-refractivity contribution is 0.0584. The molecule has 1 aromatic heterocycles. The molecule has 4 aromatic rings. The van der Waals surface area contributed by atoms with E-state index in [0.717, 1.165) is 75.1 Å². The summed E-state index contributed by atoms with van der Waals surface area (Å²) in [5.74, 6) is -0.00773. The number of phenolic OH excluding ortho intramolecular Hbond substituents is 1. The van der Waals surface area contributed by atoms with E-state index >= 15 is 0 Å². The fourth-order valence-electron chi connectivity index (χ4n) is 6.02. The predicted molar refractivity (Wildman–Crippen MR) is 179 cm³/mol. The van der Waals surface area contributed by atoms with E-state index in [0.29, 0.717) is 23.0 Å². The second-order valence-corrected chi connectivity index (χ2v) is 11.8. The first-order chi connectivity index (χ1) is 22.0. The molecule has 1 aliphatic rings. The second-order valence-electron chi connectivity index (χ2n) is 11.8. The number of amides is 1. The molecule has 1 amide bonds. The van der Waals surface area contributed by atoms with Crippen molar-refractivity contribution in [3.8, 4) is 16.9 Å². The average molecular weight is 613 g/mol. The van der Waals surface area contributed by atoms with Gasteiger partial charge in [0, 0.05) is 36.7 Å². The molecule has 1 fully saturated rings. The molecule has 0 saturated carbocycles. The Morgan fingerprint density at radius 2 is 1.64 bits per heavy atom. The SMILES string of the molecule is O=C(Nc1ccccc1-c1ccccc1)OC1CCN(CCCCCCCNC[C@H](O)c2ccc(O)c3[nH]c(=O)ccc23)CC1. The van der Waals surface area contributed by atoms with E-state index in [1.807, 2.05) is 54.6 Å². The van der Waals surface area contributed by atoms with Crippen LogP contribution in [0.2, 0.25) is 0 Å². The molecule has 5 N–H and O–H groups in total. The Morgan fingerprint density at radius 3 is 2.47 bits per heavy atom. The number of piperidine rings is 1. The number of likely N-dealkylation sites (tertiary alicyclic amines) is 1. The van der Waals surface area contributed by atoms with Crippen molar-refractivity contribution in [3.63, 3.8) is 0 Å². The zero-order valence-corrected chi connectivity index (χ0v) is 25.7. The number of hydrogen-bond acceptors (Lipinski definition) is 7. The number of hydrogen-bond donors (Lipinski definition) is 5. The third-order valence-corrected chi connectivity index (χ3v) is 8.49. The number of pyridine rings is 1. The van der Waals surface area contributed by atoms with Gasteiger partial charge in [-0.15, -0.1) is 0 Å². The number of aliphatic hydroxyl groups excluding tert-OH is 1. The fraction of sp³-hybridized carbons (Fsp3) is 0.389. The topological polar surface area (TPSA) is 127 Å². The Hall–Kier alpha value is -4.18. The maximum atomic E-state index is 12.7. The van der Waals surface area contributed by atoms with Gasteiger partial charge in [-0.1, -0.05) is 73.9 Å². The Labute approximate surface area is 264 Å². The molecule has 0 aliphatic carbocycles. The lowest BCUT2D eigenvalue weighted by atomic mass is 10.0. The highest BCUT2D eigenvalue weighted by Gasteiger charge is 2.22. The zero-order valence-electron chi connectivity index (χ0n) is 25.7. The average Bonchev–Trinajstić information content (AvgIpc) is 3.05. The first-order valence-corrected chi connectivity index (χ1v) is 16.1. The van der Waals surface area contributed by atoms with Gasteiger partial charge in [0.15, 0.2) is 0 Å². The van der Waals surface area contributed by atoms with Crippen LogP contribution in [0.25, 0.3) is 22.0 Å². The molecule has 0 spiro atoms. The number of nitrogens with one attached hydrogen (secondary N) is 3. The molecule has 9 heteroatoms. The number of aromatic amines is 1. The molecule has 5 rings (SSSR count). The number of aromatic nitrogens is 1. The van der Waals surface area contributed by atoms with Gasteiger partial charge in [-0.25, -0.2) is 4.79 Å². The molecular formula is C36H44N4O5. The predicted octanol–water partition coefficient (Wildman–Crippen LogP) is 6.19. The van der Waals surface area contributed by atoms with E-state index in [9.17, 15) is 19.8 Å². The lowest BCUT2D eigenvalue weighted by Crippen LogP contribution is -2.38. The molecule has 1 saturated heterocycles. The summed E-state index contributed by atoms with van der Waals surface area (Å²) in [5, 5.41) is 27.6. The van der Waals surface area contributed by atoms with E-state index in [-0.39, 0.29) is 17.4 Å². The smallest absolute Gasteiger partial charge is 0.411 e. The highest BCUT2D eigenvalue weighted by molar-refractivity contribution is 5.91. The number of aromatic hydroxyl groups is 1. The summed E-state index contributed by atoms with van der Waals surface area (Å²) < 4.78 is 5.77. The van der Waals surface area contributed by atoms with E-state index in [1.165, 1.54) is 25.0 Å². The van der Waals surface area contributed by atoms with Crippen LogP contribution < -0.4 is 16.2 Å². The summed E-state index contributed by atoms with van der Waals surface area (Å²) in [7, 11) is 0. The summed E-state index contributed by atoms with van der Waals surface area (Å²) in [4.78, 5) is 29.4. The van der Waals surface area contributed by atoms with Crippen molar-refractivity contribution in [3.05, 3.63) is 94.8 Å². The Morgan fingerprint density at radius 1 is 0.911 bits per heavy atom. The summed E-state index contributed by atoms with van der Waals surface area (Å²) in [6.07, 6.45) is 6.18. The quantitative estimate of drug-likeness (QED) is 0.108. The minimum Gasteiger partial charge on any atom is -0.506 e. The van der Waals surface area contributed by atoms with Crippen LogP contribution in [0.1, 0.15) is 56.6 Å². The Bertz CT molecular complexity index is 1580. The molecule has 9 nitrogen and oxygen atoms in total. The number of rotatable bonds is 14. The van der Waals surface area contributed by atoms with Gasteiger partial charge in [-0.05, 0) is 68.1 Å². The van der Waals surface area contributed by atoms with Gasteiger partial charge in [0.05, 0.1) is 17.3 Å². The largest absolute Gasteiger partial charge is 0.506 e. The van der Waals surface area contributed by atoms with Crippen LogP contribution in [0.3, 0.4) is 0 Å². The number of carbonyl (C=O) groups is 1. The van der Waals surface area contributed by atoms with E-state index in [4.69, 9.17) is 4.74 Å². The number of nitrogens with zero attached hydrogens (tertiary/aromatic N) is 1. The number of carbonyl (C=O) groups excluding carboxylic acids is 1. The standard InChI is InChI=1S/C36H44N4O5/c41-32-17-15-29(30-16-18-34(43)39-35(30)32)33(42)25-37-21-9-2-1-3-10-22-40-23-19-27(20-24-40)45-36(44)38-31-14-8-7-13-28(31)26-11-5-4-6-12-26/h4-8,11-18,27,33,37,41-42H,1-3,9-10,19-25H2,(H,38,44)(H,39,43)/t33-/m0/s1. The molecule has 3 aromatic carbocycles. The van der Waals surface area contributed by atoms with E-state index in [2.05, 4.69) is 20.5 Å². The molecule has 45 heavy (non-hydrogen) atoms. The Balaban J connectivity index is 0.912. The molecular weight excluding hydrogens is 568 g/mol. The fourth-order valence-corrected chi connectivity index (χ4v) is 6.02. The van der Waals surface area contributed by atoms with E-state index < -0.39 is 12.2 Å². The minimum absolute atomic E-state index is 0.00773. The van der Waals surface area contributed by atoms with Crippen molar-refractivity contribution < 1.29 is 19.7 Å². The number of aliphatic hydroxyl groups is 1. The molecule has 2 heterocycles. The second kappa shape index (κ2) is 16.2. The van der Waals surface area contributed by atoms with Crippen LogP contribution in [0, 0.1) is 0 Å². The van der Waals surface area contributed by atoms with Crippen LogP contribution in [0.4, 0.5) is 10.5 Å². The van der Waals surface area contributed by atoms with Gasteiger partial charge < -0.3 is 30.2 Å². The highest BCUT2D eigenvalue weighted by Crippen LogP contribution is 2.29. The zero-order chi connectivity index (χ0) is 31.4. The van der Waals surface area contributed by atoms with Crippen molar-refractivity contribution >= 4 is 22.7 Å². The number of unbranched alkanes of at least 4 members (excludes halogenated alkanes) is 4. The molecule has 1 atom stereocenters. The van der Waals surface area contributed by atoms with Gasteiger partial charge in [0.25, 0.3) is 0 Å². The molecule has 1 aliphatic heterocycles. The number of anilines is 1. The van der Waals surface area contributed by atoms with Gasteiger partial charge in [-0.2, -0.15) is 0 Å². The number of ether oxygens (including phenoxy) is 1. The number of H-pyrrole nitrogens is 1. The van der Waals surface area contributed by atoms with Crippen molar-refractivity contribution in [1.29, 1.82) is 0 Å². The van der Waals surface area contributed by atoms with Crippen molar-refractivity contribution in [2.45, 2.75) is 57.2 Å². The molecule has 0 radical (unpaired) electrons. The van der Waals surface area contributed by atoms with Crippen LogP contribution in [0.15, 0.2) is 83.7 Å². The van der Waals surface area contributed by atoms with Crippen molar-refractivity contribution in [2.75, 3.05) is 38.0 Å². The van der Waals surface area contributed by atoms with Gasteiger partial charge >= 0.3 is 6.09 Å². The lowest BCUT2D eigenvalue weighted by Gasteiger charge is -2.31. The van der Waals surface area contributed by atoms with E-state index in [1.54, 1.807) is 12.1 Å². The van der Waals surface area contributed by atoms with Crippen molar-refractivity contribution in [1.82, 2.24) is 15.2 Å². The third-order valence-electron chi connectivity index (χ3n) is 8.49. The number of para-hydroxylation sites is 1. The monoisotopic (exact) mass is 612 g/mol. The van der Waals surface area contributed by atoms with Crippen LogP contribution in [-0.2, 0) is 4.74 Å². The van der Waals surface area contributed by atoms with Crippen LogP contribution in [-0.4, -0.2) is 65.0 Å². The van der Waals surface area contributed by atoms with Gasteiger partial charge in [0.1, 0.15) is 11.9 Å². The summed E-state index contributed by atoms with van der Waals surface area (Å²) in [6, 6.07) is 24.0. The normalized spacial score (nSPS) is 14.8. The number of fused-ring (bicyclic) bond motifs is 1. The summed E-state index contributed by atoms with van der Waals surface area (Å²) in [5.41, 5.74) is 3.51. The summed E-state index contributed by atoms with van der Waals surface area (Å²) in [6.45, 7) is 4.18.